The summed E-state index contributed by atoms with van der Waals surface area (Å²) in [5.41, 5.74) is 4.46. The van der Waals surface area contributed by atoms with Crippen molar-refractivity contribution in [1.29, 1.82) is 0 Å². The first kappa shape index (κ1) is 23.5. The van der Waals surface area contributed by atoms with Gasteiger partial charge in [0.05, 0.1) is 13.2 Å². The molecule has 0 aliphatic heterocycles. The number of fused-ring (bicyclic) bond motifs is 1. The number of nitrogens with one attached hydrogen (secondary N) is 1. The van der Waals surface area contributed by atoms with Crippen LogP contribution in [-0.4, -0.2) is 36.9 Å². The van der Waals surface area contributed by atoms with Gasteiger partial charge in [-0.25, -0.2) is 4.79 Å². The van der Waals surface area contributed by atoms with Gasteiger partial charge in [-0.1, -0.05) is 61.9 Å². The Morgan fingerprint density at radius 3 is 2.12 bits per heavy atom. The van der Waals surface area contributed by atoms with Crippen LogP contribution in [0.3, 0.4) is 0 Å². The molecular formula is C26H31N5O3. The average Bonchev–Trinajstić information content (AvgIpc) is 3.22. The van der Waals surface area contributed by atoms with Gasteiger partial charge < -0.3 is 10.4 Å². The van der Waals surface area contributed by atoms with Crippen molar-refractivity contribution in [3.05, 3.63) is 80.5 Å². The molecule has 178 valence electrons. The number of hydrogen-bond donors (Lipinski definition) is 2. The molecule has 4 aromatic rings. The Bertz CT molecular complexity index is 1400. The minimum atomic E-state index is -0.430. The molecule has 0 spiro atoms. The second-order valence-corrected chi connectivity index (χ2v) is 8.55. The van der Waals surface area contributed by atoms with Crippen molar-refractivity contribution in [2.24, 2.45) is 14.1 Å². The molecule has 0 aliphatic rings. The quantitative estimate of drug-likeness (QED) is 0.400. The fraction of sp³-hybridized carbons (Fsp3) is 0.346. The molecule has 8 heteroatoms. The van der Waals surface area contributed by atoms with E-state index in [0.29, 0.717) is 23.7 Å². The van der Waals surface area contributed by atoms with Gasteiger partial charge in [0, 0.05) is 20.6 Å². The van der Waals surface area contributed by atoms with Crippen LogP contribution >= 0.6 is 0 Å². The van der Waals surface area contributed by atoms with E-state index in [1.807, 2.05) is 12.1 Å². The van der Waals surface area contributed by atoms with Gasteiger partial charge in [-0.15, -0.1) is 0 Å². The Labute approximate surface area is 198 Å². The highest BCUT2D eigenvalue weighted by Gasteiger charge is 2.19. The second kappa shape index (κ2) is 10.1. The number of benzene rings is 2. The first-order chi connectivity index (χ1) is 16.4. The zero-order valence-corrected chi connectivity index (χ0v) is 19.9. The van der Waals surface area contributed by atoms with Gasteiger partial charge in [0.15, 0.2) is 11.2 Å². The molecule has 0 atom stereocenters. The van der Waals surface area contributed by atoms with E-state index in [2.05, 4.69) is 53.6 Å². The van der Waals surface area contributed by atoms with Crippen LogP contribution < -0.4 is 16.6 Å². The number of aliphatic hydroxyl groups is 1. The molecule has 0 fully saturated rings. The lowest BCUT2D eigenvalue weighted by Crippen LogP contribution is -2.37. The predicted octanol–water partition coefficient (Wildman–Crippen LogP) is 2.90. The first-order valence-corrected chi connectivity index (χ1v) is 11.6. The van der Waals surface area contributed by atoms with E-state index in [1.54, 1.807) is 11.6 Å². The van der Waals surface area contributed by atoms with Crippen LogP contribution in [-0.2, 0) is 27.1 Å². The molecule has 4 rings (SSSR count). The van der Waals surface area contributed by atoms with E-state index < -0.39 is 11.2 Å². The summed E-state index contributed by atoms with van der Waals surface area (Å²) >= 11 is 0. The maximum absolute atomic E-state index is 12.9. The van der Waals surface area contributed by atoms with Crippen molar-refractivity contribution in [3.8, 4) is 11.1 Å². The normalized spacial score (nSPS) is 11.3. The SMILES string of the molecule is CCCCc1ccc(-c2ccc(Cn3c(NCCO)nc4c3c(=O)n(C)c(=O)n4C)cc2)cc1. The fourth-order valence-corrected chi connectivity index (χ4v) is 4.13. The fourth-order valence-electron chi connectivity index (χ4n) is 4.13. The predicted molar refractivity (Wildman–Crippen MR) is 135 cm³/mol. The summed E-state index contributed by atoms with van der Waals surface area (Å²) in [7, 11) is 3.06. The average molecular weight is 462 g/mol. The second-order valence-electron chi connectivity index (χ2n) is 8.55. The summed E-state index contributed by atoms with van der Waals surface area (Å²) < 4.78 is 4.22. The molecule has 0 radical (unpaired) electrons. The first-order valence-electron chi connectivity index (χ1n) is 11.6. The molecule has 0 bridgehead atoms. The van der Waals surface area contributed by atoms with Crippen LogP contribution in [0.5, 0.6) is 0 Å². The molecule has 2 heterocycles. The third kappa shape index (κ3) is 4.54. The van der Waals surface area contributed by atoms with Crippen LogP contribution in [0.15, 0.2) is 58.1 Å². The molecule has 2 aromatic heterocycles. The highest BCUT2D eigenvalue weighted by molar-refractivity contribution is 5.74. The maximum Gasteiger partial charge on any atom is 0.332 e. The van der Waals surface area contributed by atoms with Crippen molar-refractivity contribution in [1.82, 2.24) is 18.7 Å². The summed E-state index contributed by atoms with van der Waals surface area (Å²) in [4.78, 5) is 29.8. The smallest absolute Gasteiger partial charge is 0.332 e. The molecule has 0 amide bonds. The minimum absolute atomic E-state index is 0.0773. The monoisotopic (exact) mass is 461 g/mol. The van der Waals surface area contributed by atoms with Crippen molar-refractivity contribution in [2.45, 2.75) is 32.7 Å². The van der Waals surface area contributed by atoms with Gasteiger partial charge in [0.1, 0.15) is 0 Å². The lowest BCUT2D eigenvalue weighted by molar-refractivity contribution is 0.310. The Morgan fingerprint density at radius 2 is 1.53 bits per heavy atom. The van der Waals surface area contributed by atoms with Gasteiger partial charge in [0.2, 0.25) is 5.95 Å². The number of rotatable bonds is 9. The van der Waals surface area contributed by atoms with Crippen molar-refractivity contribution < 1.29 is 5.11 Å². The summed E-state index contributed by atoms with van der Waals surface area (Å²) in [6.45, 7) is 2.80. The highest BCUT2D eigenvalue weighted by Crippen LogP contribution is 2.23. The highest BCUT2D eigenvalue weighted by atomic mass is 16.3. The van der Waals surface area contributed by atoms with Crippen LogP contribution in [0.25, 0.3) is 22.3 Å². The molecule has 8 nitrogen and oxygen atoms in total. The van der Waals surface area contributed by atoms with E-state index in [1.165, 1.54) is 30.0 Å². The maximum atomic E-state index is 12.9. The van der Waals surface area contributed by atoms with Gasteiger partial charge in [-0.05, 0) is 35.1 Å². The van der Waals surface area contributed by atoms with Gasteiger partial charge in [-0.2, -0.15) is 4.98 Å². The third-order valence-electron chi connectivity index (χ3n) is 6.14. The number of hydrogen-bond acceptors (Lipinski definition) is 5. The Kier molecular flexibility index (Phi) is 6.98. The van der Waals surface area contributed by atoms with Gasteiger partial charge in [0.25, 0.3) is 5.56 Å². The standard InChI is InChI=1S/C26H31N5O3/c1-4-5-6-18-7-11-20(12-8-18)21-13-9-19(10-14-21)17-31-22-23(28-25(31)27-15-16-32)29(2)26(34)30(3)24(22)33/h7-14,32H,4-6,15-17H2,1-3H3,(H,27,28). The largest absolute Gasteiger partial charge is 0.395 e. The number of anilines is 1. The summed E-state index contributed by atoms with van der Waals surface area (Å²) in [6.07, 6.45) is 3.49. The van der Waals surface area contributed by atoms with E-state index in [-0.39, 0.29) is 13.2 Å². The summed E-state index contributed by atoms with van der Waals surface area (Å²) in [5, 5.41) is 12.3. The van der Waals surface area contributed by atoms with E-state index >= 15 is 0 Å². The topological polar surface area (TPSA) is 94.1 Å². The van der Waals surface area contributed by atoms with Gasteiger partial charge in [-0.3, -0.25) is 18.5 Å². The van der Waals surface area contributed by atoms with E-state index in [9.17, 15) is 14.7 Å². The number of aliphatic hydroxyl groups excluding tert-OH is 1. The molecule has 2 aromatic carbocycles. The molecule has 2 N–H and O–H groups in total. The Morgan fingerprint density at radius 1 is 0.912 bits per heavy atom. The minimum Gasteiger partial charge on any atom is -0.395 e. The van der Waals surface area contributed by atoms with Crippen LogP contribution in [0.4, 0.5) is 5.95 Å². The Hall–Kier alpha value is -3.65. The number of unbranched alkanes of at least 4 members (excludes halogenated alkanes) is 1. The molecule has 0 saturated carbocycles. The van der Waals surface area contributed by atoms with Crippen molar-refractivity contribution >= 4 is 17.1 Å². The number of nitrogens with zero attached hydrogens (tertiary/aromatic N) is 4. The zero-order chi connectivity index (χ0) is 24.2. The van der Waals surface area contributed by atoms with E-state index in [0.717, 1.165) is 27.7 Å². The lowest BCUT2D eigenvalue weighted by atomic mass is 10.0. The lowest BCUT2D eigenvalue weighted by Gasteiger charge is -2.11. The van der Waals surface area contributed by atoms with Crippen molar-refractivity contribution in [2.75, 3.05) is 18.5 Å². The number of aryl methyl sites for hydroxylation is 2. The molecular weight excluding hydrogens is 430 g/mol. The Balaban J connectivity index is 1.67. The van der Waals surface area contributed by atoms with Crippen LogP contribution in [0.1, 0.15) is 30.9 Å². The molecule has 0 unspecified atom stereocenters. The van der Waals surface area contributed by atoms with Crippen LogP contribution in [0.2, 0.25) is 0 Å². The summed E-state index contributed by atoms with van der Waals surface area (Å²) in [6, 6.07) is 16.9. The zero-order valence-electron chi connectivity index (χ0n) is 19.9. The van der Waals surface area contributed by atoms with E-state index in [4.69, 9.17) is 0 Å². The molecule has 34 heavy (non-hydrogen) atoms. The molecule has 0 saturated heterocycles. The third-order valence-corrected chi connectivity index (χ3v) is 6.14. The van der Waals surface area contributed by atoms with Crippen molar-refractivity contribution in [3.63, 3.8) is 0 Å². The van der Waals surface area contributed by atoms with Gasteiger partial charge >= 0.3 is 5.69 Å². The number of imidazole rings is 1. The number of aromatic nitrogens is 4. The van der Waals surface area contributed by atoms with Crippen LogP contribution in [0, 0.1) is 0 Å². The molecule has 0 aliphatic carbocycles. The summed E-state index contributed by atoms with van der Waals surface area (Å²) in [5.74, 6) is 0.439.